The summed E-state index contributed by atoms with van der Waals surface area (Å²) in [4.78, 5) is 6.03. The standard InChI is InChI=1S/C10H15BrN2O2/c11-10-5-9(6-12-7-10)8-13(1-3-14)2-4-15/h5-7,14-15H,1-4,8H2. The van der Waals surface area contributed by atoms with Crippen LogP contribution in [0, 0.1) is 0 Å². The van der Waals surface area contributed by atoms with Gasteiger partial charge in [0, 0.05) is 36.5 Å². The third-order valence-electron chi connectivity index (χ3n) is 2.00. The van der Waals surface area contributed by atoms with E-state index in [0.717, 1.165) is 10.0 Å². The van der Waals surface area contributed by atoms with Gasteiger partial charge >= 0.3 is 0 Å². The fourth-order valence-corrected chi connectivity index (χ4v) is 1.77. The van der Waals surface area contributed by atoms with E-state index in [2.05, 4.69) is 20.9 Å². The molecular formula is C10H15BrN2O2. The summed E-state index contributed by atoms with van der Waals surface area (Å²) < 4.78 is 0.938. The molecule has 1 heterocycles. The molecule has 0 fully saturated rings. The van der Waals surface area contributed by atoms with E-state index in [1.165, 1.54) is 0 Å². The van der Waals surface area contributed by atoms with E-state index in [0.29, 0.717) is 19.6 Å². The van der Waals surface area contributed by atoms with E-state index in [4.69, 9.17) is 10.2 Å². The van der Waals surface area contributed by atoms with Crippen LogP contribution >= 0.6 is 15.9 Å². The first-order valence-electron chi connectivity index (χ1n) is 4.79. The molecule has 0 amide bonds. The number of aliphatic hydroxyl groups excluding tert-OH is 2. The fraction of sp³-hybridized carbons (Fsp3) is 0.500. The Bertz CT molecular complexity index is 291. The normalized spacial score (nSPS) is 10.9. The summed E-state index contributed by atoms with van der Waals surface area (Å²) >= 11 is 3.35. The quantitative estimate of drug-likeness (QED) is 0.799. The molecule has 0 unspecified atom stereocenters. The van der Waals surface area contributed by atoms with Crippen molar-refractivity contribution in [3.05, 3.63) is 28.5 Å². The summed E-state index contributed by atoms with van der Waals surface area (Å²) in [5, 5.41) is 17.7. The molecule has 0 bridgehead atoms. The molecule has 1 aromatic heterocycles. The maximum atomic E-state index is 8.85. The largest absolute Gasteiger partial charge is 0.395 e. The summed E-state index contributed by atoms with van der Waals surface area (Å²) in [5.41, 5.74) is 1.06. The fourth-order valence-electron chi connectivity index (χ4n) is 1.35. The Morgan fingerprint density at radius 3 is 2.40 bits per heavy atom. The highest BCUT2D eigenvalue weighted by Crippen LogP contribution is 2.11. The average Bonchev–Trinajstić information content (AvgIpc) is 2.18. The molecule has 0 aliphatic carbocycles. The van der Waals surface area contributed by atoms with Gasteiger partial charge < -0.3 is 10.2 Å². The lowest BCUT2D eigenvalue weighted by atomic mass is 10.2. The van der Waals surface area contributed by atoms with Crippen LogP contribution < -0.4 is 0 Å². The first-order valence-corrected chi connectivity index (χ1v) is 5.59. The van der Waals surface area contributed by atoms with Gasteiger partial charge in [0.25, 0.3) is 0 Å². The van der Waals surface area contributed by atoms with Crippen molar-refractivity contribution in [1.29, 1.82) is 0 Å². The first-order chi connectivity index (χ1) is 7.26. The molecular weight excluding hydrogens is 260 g/mol. The summed E-state index contributed by atoms with van der Waals surface area (Å²) in [6.45, 7) is 2.01. The van der Waals surface area contributed by atoms with Crippen LogP contribution in [0.5, 0.6) is 0 Å². The average molecular weight is 275 g/mol. The Labute approximate surface area is 97.7 Å². The molecule has 0 saturated carbocycles. The van der Waals surface area contributed by atoms with Gasteiger partial charge in [0.15, 0.2) is 0 Å². The number of rotatable bonds is 6. The van der Waals surface area contributed by atoms with Gasteiger partial charge in [-0.15, -0.1) is 0 Å². The van der Waals surface area contributed by atoms with Crippen LogP contribution in [0.1, 0.15) is 5.56 Å². The molecule has 0 atom stereocenters. The van der Waals surface area contributed by atoms with Gasteiger partial charge in [-0.2, -0.15) is 0 Å². The van der Waals surface area contributed by atoms with Gasteiger partial charge in [-0.1, -0.05) is 0 Å². The lowest BCUT2D eigenvalue weighted by Crippen LogP contribution is -2.29. The SMILES string of the molecule is OCCN(CCO)Cc1cncc(Br)c1. The minimum atomic E-state index is 0.0986. The van der Waals surface area contributed by atoms with Crippen LogP contribution in [0.3, 0.4) is 0 Å². The number of pyridine rings is 1. The number of nitrogens with zero attached hydrogens (tertiary/aromatic N) is 2. The monoisotopic (exact) mass is 274 g/mol. The Kier molecular flexibility index (Phi) is 5.78. The van der Waals surface area contributed by atoms with Gasteiger partial charge in [-0.25, -0.2) is 0 Å². The number of hydrogen-bond acceptors (Lipinski definition) is 4. The number of halogens is 1. The van der Waals surface area contributed by atoms with E-state index in [-0.39, 0.29) is 13.2 Å². The van der Waals surface area contributed by atoms with E-state index < -0.39 is 0 Å². The molecule has 84 valence electrons. The predicted molar refractivity (Wildman–Crippen MR) is 61.4 cm³/mol. The van der Waals surface area contributed by atoms with Gasteiger partial charge in [-0.3, -0.25) is 9.88 Å². The van der Waals surface area contributed by atoms with E-state index in [1.807, 2.05) is 11.0 Å². The van der Waals surface area contributed by atoms with Crippen molar-refractivity contribution < 1.29 is 10.2 Å². The Morgan fingerprint density at radius 2 is 1.87 bits per heavy atom. The first kappa shape index (κ1) is 12.6. The molecule has 15 heavy (non-hydrogen) atoms. The van der Waals surface area contributed by atoms with Crippen molar-refractivity contribution in [3.63, 3.8) is 0 Å². The molecule has 2 N–H and O–H groups in total. The zero-order valence-electron chi connectivity index (χ0n) is 8.43. The molecule has 1 aromatic rings. The van der Waals surface area contributed by atoms with E-state index in [9.17, 15) is 0 Å². The summed E-state index contributed by atoms with van der Waals surface area (Å²) in [5.74, 6) is 0. The molecule has 0 spiro atoms. The summed E-state index contributed by atoms with van der Waals surface area (Å²) in [6, 6.07) is 1.98. The van der Waals surface area contributed by atoms with Crippen molar-refractivity contribution in [3.8, 4) is 0 Å². The molecule has 0 aliphatic heterocycles. The van der Waals surface area contributed by atoms with Crippen molar-refractivity contribution in [2.24, 2.45) is 0 Å². The third kappa shape index (κ3) is 4.70. The topological polar surface area (TPSA) is 56.6 Å². The maximum Gasteiger partial charge on any atom is 0.0558 e. The highest BCUT2D eigenvalue weighted by atomic mass is 79.9. The summed E-state index contributed by atoms with van der Waals surface area (Å²) in [7, 11) is 0. The van der Waals surface area contributed by atoms with Crippen LogP contribution in [0.25, 0.3) is 0 Å². The van der Waals surface area contributed by atoms with Crippen LogP contribution in [-0.2, 0) is 6.54 Å². The molecule has 4 nitrogen and oxygen atoms in total. The van der Waals surface area contributed by atoms with Crippen molar-refractivity contribution >= 4 is 15.9 Å². The van der Waals surface area contributed by atoms with Gasteiger partial charge in [-0.05, 0) is 27.6 Å². The second-order valence-corrected chi connectivity index (χ2v) is 4.15. The van der Waals surface area contributed by atoms with E-state index in [1.54, 1.807) is 12.4 Å². The Balaban J connectivity index is 2.56. The number of aliphatic hydroxyl groups is 2. The summed E-state index contributed by atoms with van der Waals surface area (Å²) in [6.07, 6.45) is 3.51. The van der Waals surface area contributed by atoms with Crippen LogP contribution in [-0.4, -0.2) is 46.4 Å². The molecule has 0 aliphatic rings. The maximum absolute atomic E-state index is 8.85. The zero-order chi connectivity index (χ0) is 11.1. The molecule has 0 saturated heterocycles. The third-order valence-corrected chi connectivity index (χ3v) is 2.43. The van der Waals surface area contributed by atoms with Crippen molar-refractivity contribution in [1.82, 2.24) is 9.88 Å². The predicted octanol–water partition coefficient (Wildman–Crippen LogP) is 0.631. The zero-order valence-corrected chi connectivity index (χ0v) is 10.0. The van der Waals surface area contributed by atoms with Crippen LogP contribution in [0.4, 0.5) is 0 Å². The minimum Gasteiger partial charge on any atom is -0.395 e. The van der Waals surface area contributed by atoms with Crippen molar-refractivity contribution in [2.45, 2.75) is 6.54 Å². The van der Waals surface area contributed by atoms with Gasteiger partial charge in [0.1, 0.15) is 0 Å². The Hall–Kier alpha value is -0.490. The second kappa shape index (κ2) is 6.90. The highest BCUT2D eigenvalue weighted by Gasteiger charge is 2.05. The lowest BCUT2D eigenvalue weighted by molar-refractivity contribution is 0.156. The molecule has 1 rings (SSSR count). The number of aromatic nitrogens is 1. The van der Waals surface area contributed by atoms with Gasteiger partial charge in [0.2, 0.25) is 0 Å². The highest BCUT2D eigenvalue weighted by molar-refractivity contribution is 9.10. The van der Waals surface area contributed by atoms with Gasteiger partial charge in [0.05, 0.1) is 13.2 Å². The molecule has 0 aromatic carbocycles. The molecule has 5 heteroatoms. The minimum absolute atomic E-state index is 0.0986. The second-order valence-electron chi connectivity index (χ2n) is 3.23. The van der Waals surface area contributed by atoms with Crippen LogP contribution in [0.2, 0.25) is 0 Å². The smallest absolute Gasteiger partial charge is 0.0558 e. The number of hydrogen-bond donors (Lipinski definition) is 2. The van der Waals surface area contributed by atoms with Crippen LogP contribution in [0.15, 0.2) is 22.9 Å². The van der Waals surface area contributed by atoms with Crippen molar-refractivity contribution in [2.75, 3.05) is 26.3 Å². The Morgan fingerprint density at radius 1 is 1.20 bits per heavy atom. The lowest BCUT2D eigenvalue weighted by Gasteiger charge is -2.19. The van der Waals surface area contributed by atoms with E-state index >= 15 is 0 Å². The molecule has 0 radical (unpaired) electrons.